The Hall–Kier alpha value is -0.480. The lowest BCUT2D eigenvalue weighted by Gasteiger charge is -2.04. The van der Waals surface area contributed by atoms with Gasteiger partial charge in [-0.05, 0) is 41.1 Å². The second-order valence-electron chi connectivity index (χ2n) is 3.91. The number of thiazole rings is 1. The minimum absolute atomic E-state index is 0.0747. The molecule has 1 aromatic carbocycles. The molecule has 1 aromatic heterocycles. The highest BCUT2D eigenvalue weighted by molar-refractivity contribution is 9.11. The van der Waals surface area contributed by atoms with E-state index >= 15 is 0 Å². The number of anilines is 1. The number of rotatable bonds is 3. The summed E-state index contributed by atoms with van der Waals surface area (Å²) in [5, 5.41) is 2.72. The molecule has 5 nitrogen and oxygen atoms in total. The van der Waals surface area contributed by atoms with Crippen LogP contribution in [0.1, 0.15) is 16.1 Å². The fourth-order valence-corrected chi connectivity index (χ4v) is 5.07. The molecular weight excluding hydrogens is 468 g/mol. The van der Waals surface area contributed by atoms with Gasteiger partial charge in [-0.2, -0.15) is 0 Å². The lowest BCUT2D eigenvalue weighted by atomic mass is 10.2. The zero-order chi connectivity index (χ0) is 15.8. The molecule has 1 heterocycles. The van der Waals surface area contributed by atoms with Crippen molar-refractivity contribution in [3.8, 4) is 0 Å². The molecule has 1 amide bonds. The van der Waals surface area contributed by atoms with Crippen molar-refractivity contribution in [3.63, 3.8) is 0 Å². The summed E-state index contributed by atoms with van der Waals surface area (Å²) in [6.45, 7) is 1.51. The fourth-order valence-electron chi connectivity index (χ4n) is 1.50. The van der Waals surface area contributed by atoms with Crippen LogP contribution in [0.15, 0.2) is 31.4 Å². The van der Waals surface area contributed by atoms with Gasteiger partial charge in [0.2, 0.25) is 0 Å². The number of hydrogen-bond donors (Lipinski definition) is 1. The first-order valence-corrected chi connectivity index (χ1v) is 10.1. The van der Waals surface area contributed by atoms with Crippen LogP contribution < -0.4 is 5.32 Å². The van der Waals surface area contributed by atoms with E-state index in [1.54, 1.807) is 18.2 Å². The highest BCUT2D eigenvalue weighted by Gasteiger charge is 2.21. The van der Waals surface area contributed by atoms with E-state index in [1.807, 2.05) is 0 Å². The maximum Gasteiger partial charge on any atom is 0.272 e. The number of halogens is 3. The van der Waals surface area contributed by atoms with Crippen LogP contribution in [0.2, 0.25) is 0 Å². The second kappa shape index (κ2) is 6.33. The number of hydrogen-bond acceptors (Lipinski definition) is 5. The number of carbonyl (C=O) groups is 1. The number of amides is 1. The molecule has 21 heavy (non-hydrogen) atoms. The van der Waals surface area contributed by atoms with Gasteiger partial charge in [0, 0.05) is 19.6 Å². The number of carbonyl (C=O) groups excluding carboxylic acids is 1. The maximum absolute atomic E-state index is 12.1. The van der Waals surface area contributed by atoms with Crippen LogP contribution in [0.4, 0.5) is 5.13 Å². The Balaban J connectivity index is 2.28. The first-order valence-electron chi connectivity index (χ1n) is 5.37. The quantitative estimate of drug-likeness (QED) is 0.678. The number of benzene rings is 1. The van der Waals surface area contributed by atoms with Crippen molar-refractivity contribution in [3.05, 3.63) is 38.4 Å². The van der Waals surface area contributed by atoms with Gasteiger partial charge in [0.1, 0.15) is 0 Å². The summed E-state index contributed by atoms with van der Waals surface area (Å²) in [5.74, 6) is -0.401. The predicted octanol–water partition coefficient (Wildman–Crippen LogP) is 4.16. The van der Waals surface area contributed by atoms with Crippen molar-refractivity contribution < 1.29 is 13.2 Å². The van der Waals surface area contributed by atoms with Gasteiger partial charge in [-0.3, -0.25) is 10.1 Å². The highest BCUT2D eigenvalue weighted by atomic mass is 79.9. The van der Waals surface area contributed by atoms with Crippen LogP contribution in [0.3, 0.4) is 0 Å². The molecule has 0 fully saturated rings. The smallest absolute Gasteiger partial charge is 0.272 e. The molecular formula is C11H7Br2ClN2O3S2. The summed E-state index contributed by atoms with van der Waals surface area (Å²) in [7, 11) is 1.43. The Kier molecular flexibility index (Phi) is 5.09. The molecule has 2 aromatic rings. The topological polar surface area (TPSA) is 76.1 Å². The molecule has 0 saturated carbocycles. The van der Waals surface area contributed by atoms with E-state index in [0.717, 1.165) is 15.8 Å². The normalized spacial score (nSPS) is 11.4. The number of nitrogens with one attached hydrogen (secondary N) is 1. The molecule has 0 unspecified atom stereocenters. The zero-order valence-corrected chi connectivity index (χ0v) is 15.9. The van der Waals surface area contributed by atoms with E-state index in [9.17, 15) is 13.2 Å². The predicted molar refractivity (Wildman–Crippen MR) is 89.7 cm³/mol. The first kappa shape index (κ1) is 16.9. The lowest BCUT2D eigenvalue weighted by molar-refractivity contribution is 0.102. The largest absolute Gasteiger partial charge is 0.298 e. The summed E-state index contributed by atoms with van der Waals surface area (Å²) in [6.07, 6.45) is 0. The van der Waals surface area contributed by atoms with E-state index < -0.39 is 15.0 Å². The summed E-state index contributed by atoms with van der Waals surface area (Å²) in [5.41, 5.74) is 0.654. The van der Waals surface area contributed by atoms with Crippen molar-refractivity contribution in [1.29, 1.82) is 0 Å². The van der Waals surface area contributed by atoms with Crippen LogP contribution >= 0.6 is 53.9 Å². The third kappa shape index (κ3) is 4.04. The van der Waals surface area contributed by atoms with Gasteiger partial charge in [-0.1, -0.05) is 27.3 Å². The van der Waals surface area contributed by atoms with Gasteiger partial charge < -0.3 is 0 Å². The van der Waals surface area contributed by atoms with Crippen molar-refractivity contribution in [2.75, 3.05) is 5.32 Å². The summed E-state index contributed by atoms with van der Waals surface area (Å²) >= 11 is 7.39. The van der Waals surface area contributed by atoms with Gasteiger partial charge in [0.15, 0.2) is 9.34 Å². The summed E-state index contributed by atoms with van der Waals surface area (Å²) in [4.78, 5) is 16.1. The van der Waals surface area contributed by atoms with Crippen LogP contribution in [0.25, 0.3) is 0 Å². The first-order chi connectivity index (χ1) is 9.68. The van der Waals surface area contributed by atoms with Crippen LogP contribution in [-0.4, -0.2) is 19.3 Å². The Morgan fingerprint density at radius 3 is 2.57 bits per heavy atom. The average molecular weight is 475 g/mol. The van der Waals surface area contributed by atoms with Crippen molar-refractivity contribution in [1.82, 2.24) is 4.98 Å². The fraction of sp³-hybridized carbons (Fsp3) is 0.0909. The van der Waals surface area contributed by atoms with Crippen molar-refractivity contribution in [2.24, 2.45) is 0 Å². The number of nitrogens with zero attached hydrogens (tertiary/aromatic N) is 1. The molecule has 0 aliphatic heterocycles. The minimum Gasteiger partial charge on any atom is -0.298 e. The molecule has 0 spiro atoms. The Bertz CT molecular complexity index is 821. The van der Waals surface area contributed by atoms with E-state index in [1.165, 1.54) is 6.92 Å². The Labute approximate surface area is 146 Å². The van der Waals surface area contributed by atoms with Crippen LogP contribution in [0.5, 0.6) is 0 Å². The summed E-state index contributed by atoms with van der Waals surface area (Å²) < 4.78 is 24.0. The van der Waals surface area contributed by atoms with Gasteiger partial charge in [0.05, 0.1) is 11.3 Å². The van der Waals surface area contributed by atoms with Crippen molar-refractivity contribution in [2.45, 2.75) is 11.1 Å². The molecule has 2 rings (SSSR count). The molecule has 10 heteroatoms. The SMILES string of the molecule is Cc1nc(NC(=O)c2ccc(Br)cc2Br)sc1S(=O)(=O)Cl. The minimum atomic E-state index is -3.87. The third-order valence-electron chi connectivity index (χ3n) is 2.37. The molecule has 0 aliphatic rings. The average Bonchev–Trinajstić information content (AvgIpc) is 2.69. The Morgan fingerprint density at radius 1 is 1.38 bits per heavy atom. The van der Waals surface area contributed by atoms with E-state index in [4.69, 9.17) is 10.7 Å². The van der Waals surface area contributed by atoms with Gasteiger partial charge >= 0.3 is 0 Å². The van der Waals surface area contributed by atoms with E-state index in [-0.39, 0.29) is 15.0 Å². The Morgan fingerprint density at radius 2 is 2.05 bits per heavy atom. The van der Waals surface area contributed by atoms with Gasteiger partial charge in [0.25, 0.3) is 15.0 Å². The van der Waals surface area contributed by atoms with E-state index in [2.05, 4.69) is 42.2 Å². The molecule has 0 atom stereocenters. The van der Waals surface area contributed by atoms with Crippen LogP contribution in [-0.2, 0) is 9.05 Å². The monoisotopic (exact) mass is 472 g/mol. The lowest BCUT2D eigenvalue weighted by Crippen LogP contribution is -2.12. The molecule has 0 aliphatic carbocycles. The number of aryl methyl sites for hydroxylation is 1. The molecule has 112 valence electrons. The van der Waals surface area contributed by atoms with Crippen LogP contribution in [0, 0.1) is 6.92 Å². The van der Waals surface area contributed by atoms with Crippen molar-refractivity contribution >= 4 is 74.0 Å². The zero-order valence-electron chi connectivity index (χ0n) is 10.4. The molecule has 0 bridgehead atoms. The molecule has 0 radical (unpaired) electrons. The highest BCUT2D eigenvalue weighted by Crippen LogP contribution is 2.30. The van der Waals surface area contributed by atoms with Gasteiger partial charge in [-0.25, -0.2) is 13.4 Å². The molecule has 1 N–H and O–H groups in total. The standard InChI is InChI=1S/C11H7Br2ClN2O3S2/c1-5-10(21(14,18)19)20-11(15-5)16-9(17)7-3-2-6(12)4-8(7)13/h2-4H,1H3,(H,15,16,17). The third-order valence-corrected chi connectivity index (χ3v) is 6.77. The second-order valence-corrected chi connectivity index (χ2v) is 9.44. The van der Waals surface area contributed by atoms with Gasteiger partial charge in [-0.15, -0.1) is 0 Å². The maximum atomic E-state index is 12.1. The number of aromatic nitrogens is 1. The summed E-state index contributed by atoms with van der Waals surface area (Å²) in [6, 6.07) is 5.08. The van der Waals surface area contributed by atoms with E-state index in [0.29, 0.717) is 10.0 Å². The molecule has 0 saturated heterocycles.